The van der Waals surface area contributed by atoms with Crippen molar-refractivity contribution in [1.82, 2.24) is 0 Å². The zero-order valence-electron chi connectivity index (χ0n) is 13.6. The summed E-state index contributed by atoms with van der Waals surface area (Å²) in [4.78, 5) is 22.6. The van der Waals surface area contributed by atoms with E-state index >= 15 is 0 Å². The van der Waals surface area contributed by atoms with Gasteiger partial charge in [0.05, 0.1) is 0 Å². The molecule has 0 aromatic heterocycles. The van der Waals surface area contributed by atoms with Crippen LogP contribution in [-0.4, -0.2) is 16.7 Å². The van der Waals surface area contributed by atoms with Gasteiger partial charge in [-0.15, -0.1) is 0 Å². The molecule has 0 heterocycles. The fourth-order valence-corrected chi connectivity index (χ4v) is 2.25. The highest BCUT2D eigenvalue weighted by Gasteiger charge is 2.17. The van der Waals surface area contributed by atoms with Gasteiger partial charge in [0, 0.05) is 42.2 Å². The largest absolute Gasteiger partial charge is 0.294 e. The number of carbonyl (C=O) groups is 1. The quantitative estimate of drug-likeness (QED) is 0.351. The van der Waals surface area contributed by atoms with Crippen LogP contribution in [0, 0.1) is 22.0 Å². The first-order valence-corrected chi connectivity index (χ1v) is 7.86. The van der Waals surface area contributed by atoms with Gasteiger partial charge in [-0.1, -0.05) is 60.4 Å². The molecule has 2 aromatic rings. The number of Topliss-reactive ketones (excluding diaryl/α,β-unsaturated/α-hetero) is 1. The molecular formula is C20H19NO3. The Morgan fingerprint density at radius 3 is 2.50 bits per heavy atom. The van der Waals surface area contributed by atoms with Crippen LogP contribution in [0.2, 0.25) is 0 Å². The number of nitro groups is 1. The molecule has 0 N–H and O–H groups in total. The molecule has 24 heavy (non-hydrogen) atoms. The van der Waals surface area contributed by atoms with Crippen LogP contribution < -0.4 is 0 Å². The topological polar surface area (TPSA) is 60.2 Å². The van der Waals surface area contributed by atoms with Gasteiger partial charge in [0.1, 0.15) is 0 Å². The molecule has 0 spiro atoms. The molecule has 0 aliphatic carbocycles. The number of carbonyl (C=O) groups excluding carboxylic acids is 1. The molecule has 0 amide bonds. The predicted octanol–water partition coefficient (Wildman–Crippen LogP) is 3.91. The third kappa shape index (κ3) is 5.06. The van der Waals surface area contributed by atoms with Gasteiger partial charge in [0.15, 0.2) is 5.78 Å². The fourth-order valence-electron chi connectivity index (χ4n) is 2.25. The van der Waals surface area contributed by atoms with E-state index in [1.54, 1.807) is 12.1 Å². The molecule has 1 unspecified atom stereocenters. The van der Waals surface area contributed by atoms with Crippen molar-refractivity contribution in [3.63, 3.8) is 0 Å². The lowest BCUT2D eigenvalue weighted by atomic mass is 9.99. The Bertz CT molecular complexity index is 772. The molecular weight excluding hydrogens is 302 g/mol. The lowest BCUT2D eigenvalue weighted by Gasteiger charge is -2.05. The summed E-state index contributed by atoms with van der Waals surface area (Å²) in [5.74, 6) is 6.03. The van der Waals surface area contributed by atoms with E-state index in [4.69, 9.17) is 0 Å². The van der Waals surface area contributed by atoms with Crippen molar-refractivity contribution >= 4 is 5.78 Å². The Hall–Kier alpha value is -2.93. The normalized spacial score (nSPS) is 11.2. The van der Waals surface area contributed by atoms with E-state index in [2.05, 4.69) is 11.8 Å². The van der Waals surface area contributed by atoms with E-state index < -0.39 is 6.04 Å². The van der Waals surface area contributed by atoms with Crippen molar-refractivity contribution in [1.29, 1.82) is 0 Å². The lowest BCUT2D eigenvalue weighted by Crippen LogP contribution is -2.16. The van der Waals surface area contributed by atoms with Gasteiger partial charge < -0.3 is 0 Å². The summed E-state index contributed by atoms with van der Waals surface area (Å²) >= 11 is 0. The molecule has 122 valence electrons. The molecule has 0 aliphatic heterocycles. The summed E-state index contributed by atoms with van der Waals surface area (Å²) in [5.41, 5.74) is 2.33. The van der Waals surface area contributed by atoms with Crippen molar-refractivity contribution in [2.75, 3.05) is 0 Å². The van der Waals surface area contributed by atoms with Gasteiger partial charge in [-0.3, -0.25) is 14.9 Å². The molecule has 0 radical (unpaired) electrons. The van der Waals surface area contributed by atoms with Crippen LogP contribution in [0.3, 0.4) is 0 Å². The molecule has 4 nitrogen and oxygen atoms in total. The van der Waals surface area contributed by atoms with Crippen LogP contribution >= 0.6 is 0 Å². The lowest BCUT2D eigenvalue weighted by molar-refractivity contribution is -0.518. The average molecular weight is 321 g/mol. The van der Waals surface area contributed by atoms with Gasteiger partial charge in [-0.2, -0.15) is 0 Å². The van der Waals surface area contributed by atoms with Gasteiger partial charge >= 0.3 is 0 Å². The van der Waals surface area contributed by atoms with Gasteiger partial charge in [-0.25, -0.2) is 0 Å². The second-order valence-corrected chi connectivity index (χ2v) is 5.61. The van der Waals surface area contributed by atoms with Crippen LogP contribution in [0.5, 0.6) is 0 Å². The Labute approximate surface area is 141 Å². The third-order valence-corrected chi connectivity index (χ3v) is 3.73. The van der Waals surface area contributed by atoms with E-state index in [1.165, 1.54) is 6.92 Å². The van der Waals surface area contributed by atoms with Gasteiger partial charge in [-0.05, 0) is 11.6 Å². The Morgan fingerprint density at radius 2 is 1.79 bits per heavy atom. The van der Waals surface area contributed by atoms with E-state index in [9.17, 15) is 14.9 Å². The maximum absolute atomic E-state index is 12.3. The zero-order chi connectivity index (χ0) is 17.4. The molecule has 0 bridgehead atoms. The number of nitrogens with zero attached hydrogens (tertiary/aromatic N) is 1. The number of rotatable bonds is 6. The van der Waals surface area contributed by atoms with Crippen LogP contribution in [0.4, 0.5) is 0 Å². The standard InChI is InChI=1S/C20H19NO3/c1-16(21(23)24)14-15-20(22)19-13-6-5-11-18(19)12-7-10-17-8-3-2-4-9-17/h2-6,8-9,11,13,16H,10,14-15H2,1H3. The Morgan fingerprint density at radius 1 is 1.12 bits per heavy atom. The smallest absolute Gasteiger partial charge is 0.210 e. The van der Waals surface area contributed by atoms with Crippen molar-refractivity contribution in [2.45, 2.75) is 32.2 Å². The predicted molar refractivity (Wildman–Crippen MR) is 93.5 cm³/mol. The Balaban J connectivity index is 2.07. The fraction of sp³-hybridized carbons (Fsp3) is 0.250. The van der Waals surface area contributed by atoms with Crippen LogP contribution in [0.1, 0.15) is 41.3 Å². The molecule has 4 heteroatoms. The number of hydrogen-bond acceptors (Lipinski definition) is 3. The average Bonchev–Trinajstić information content (AvgIpc) is 2.60. The monoisotopic (exact) mass is 321 g/mol. The first kappa shape index (κ1) is 17.4. The third-order valence-electron chi connectivity index (χ3n) is 3.73. The summed E-state index contributed by atoms with van der Waals surface area (Å²) in [7, 11) is 0. The van der Waals surface area contributed by atoms with Crippen LogP contribution in [0.25, 0.3) is 0 Å². The van der Waals surface area contributed by atoms with Crippen molar-refractivity contribution in [2.24, 2.45) is 0 Å². The molecule has 0 fully saturated rings. The second kappa shape index (κ2) is 8.64. The maximum Gasteiger partial charge on any atom is 0.210 e. The minimum absolute atomic E-state index is 0.103. The summed E-state index contributed by atoms with van der Waals surface area (Å²) in [6.07, 6.45) is 0.999. The summed E-state index contributed by atoms with van der Waals surface area (Å²) in [5, 5.41) is 10.7. The van der Waals surface area contributed by atoms with Crippen LogP contribution in [-0.2, 0) is 6.42 Å². The molecule has 1 atom stereocenters. The molecule has 2 aromatic carbocycles. The highest BCUT2D eigenvalue weighted by Crippen LogP contribution is 2.13. The highest BCUT2D eigenvalue weighted by molar-refractivity contribution is 5.98. The number of benzene rings is 2. The van der Waals surface area contributed by atoms with Gasteiger partial charge in [0.25, 0.3) is 0 Å². The van der Waals surface area contributed by atoms with Crippen LogP contribution in [0.15, 0.2) is 54.6 Å². The first-order chi connectivity index (χ1) is 11.6. The molecule has 0 aliphatic rings. The van der Waals surface area contributed by atoms with E-state index in [0.29, 0.717) is 17.5 Å². The van der Waals surface area contributed by atoms with Crippen molar-refractivity contribution < 1.29 is 9.72 Å². The number of ketones is 1. The minimum Gasteiger partial charge on any atom is -0.294 e. The molecule has 0 saturated heterocycles. The highest BCUT2D eigenvalue weighted by atomic mass is 16.6. The zero-order valence-corrected chi connectivity index (χ0v) is 13.6. The van der Waals surface area contributed by atoms with E-state index in [1.807, 2.05) is 42.5 Å². The van der Waals surface area contributed by atoms with E-state index in [-0.39, 0.29) is 23.5 Å². The summed E-state index contributed by atoms with van der Waals surface area (Å²) in [6.45, 7) is 1.51. The molecule has 0 saturated carbocycles. The number of hydrogen-bond donors (Lipinski definition) is 0. The SMILES string of the molecule is CC(CCC(=O)c1ccccc1C#CCc1ccccc1)[N+](=O)[O-]. The summed E-state index contributed by atoms with van der Waals surface area (Å²) < 4.78 is 0. The Kier molecular flexibility index (Phi) is 6.27. The minimum atomic E-state index is -0.717. The van der Waals surface area contributed by atoms with E-state index in [0.717, 1.165) is 5.56 Å². The first-order valence-electron chi connectivity index (χ1n) is 7.86. The van der Waals surface area contributed by atoms with Crippen molar-refractivity contribution in [3.8, 4) is 11.8 Å². The molecule has 2 rings (SSSR count). The summed E-state index contributed by atoms with van der Waals surface area (Å²) in [6, 6.07) is 16.3. The second-order valence-electron chi connectivity index (χ2n) is 5.61. The van der Waals surface area contributed by atoms with Gasteiger partial charge in [0.2, 0.25) is 6.04 Å². The van der Waals surface area contributed by atoms with Crippen molar-refractivity contribution in [3.05, 3.63) is 81.4 Å². The maximum atomic E-state index is 12.3.